The third kappa shape index (κ3) is 13.8. The van der Waals surface area contributed by atoms with Crippen LogP contribution in [-0.4, -0.2) is 40.4 Å². The predicted octanol–water partition coefficient (Wildman–Crippen LogP) is 2.40. The molecule has 0 heterocycles. The maximum absolute atomic E-state index is 11.4. The first kappa shape index (κ1) is 17.8. The van der Waals surface area contributed by atoms with Gasteiger partial charge < -0.3 is 15.2 Å². The molecule has 0 aromatic rings. The zero-order valence-electron chi connectivity index (χ0n) is 12.2. The second-order valence-corrected chi connectivity index (χ2v) is 11.4. The van der Waals surface area contributed by atoms with Gasteiger partial charge in [-0.05, 0) is 25.4 Å². The first-order valence-corrected chi connectivity index (χ1v) is 10.5. The molecule has 0 saturated heterocycles. The lowest BCUT2D eigenvalue weighted by atomic mass is 10.1. The maximum Gasteiger partial charge on any atom is 0.146 e. The Hall–Kier alpha value is -0.233. The fourth-order valence-electron chi connectivity index (χ4n) is 1.33. The second kappa shape index (κ2) is 10.7. The van der Waals surface area contributed by atoms with Crippen LogP contribution in [0.4, 0.5) is 0 Å². The number of carbonyl (C=O) groups is 1. The summed E-state index contributed by atoms with van der Waals surface area (Å²) in [5.74, 6) is 0.255. The van der Waals surface area contributed by atoms with Crippen molar-refractivity contribution in [1.82, 2.24) is 0 Å². The lowest BCUT2D eigenvalue weighted by Gasteiger charge is -2.15. The van der Waals surface area contributed by atoms with E-state index in [1.807, 2.05) is 0 Å². The van der Waals surface area contributed by atoms with E-state index < -0.39 is 8.07 Å². The molecule has 0 unspecified atom stereocenters. The van der Waals surface area contributed by atoms with Crippen molar-refractivity contribution in [2.45, 2.75) is 51.4 Å². The Kier molecular flexibility index (Phi) is 10.5. The molecule has 0 spiro atoms. The molecule has 0 rings (SSSR count). The number of ketones is 1. The van der Waals surface area contributed by atoms with Crippen molar-refractivity contribution in [3.05, 3.63) is 0 Å². The van der Waals surface area contributed by atoms with Crippen molar-refractivity contribution in [2.75, 3.05) is 26.6 Å². The summed E-state index contributed by atoms with van der Waals surface area (Å²) in [6.45, 7) is 9.15. The van der Waals surface area contributed by atoms with Gasteiger partial charge in [-0.2, -0.15) is 0 Å². The maximum atomic E-state index is 11.4. The summed E-state index contributed by atoms with van der Waals surface area (Å²) in [4.78, 5) is 11.4. The van der Waals surface area contributed by atoms with Crippen LogP contribution in [0.3, 0.4) is 0 Å². The topological polar surface area (TPSA) is 61.5 Å². The molecule has 0 bridgehead atoms. The number of Topliss-reactive ketones (excluding diaryl/α,β-unsaturated/α-hetero) is 1. The molecule has 2 N–H and O–H groups in total. The molecule has 0 aliphatic carbocycles. The summed E-state index contributed by atoms with van der Waals surface area (Å²) < 4.78 is 10.6. The van der Waals surface area contributed by atoms with Gasteiger partial charge in [-0.15, -0.1) is 0 Å². The van der Waals surface area contributed by atoms with Crippen LogP contribution >= 0.6 is 0 Å². The minimum absolute atomic E-state index is 0.255. The number of ether oxygens (including phenoxy) is 2. The molecule has 0 aliphatic rings. The fourth-order valence-corrected chi connectivity index (χ4v) is 2.09. The summed E-state index contributed by atoms with van der Waals surface area (Å²) in [7, 11) is -1.01. The monoisotopic (exact) mass is 275 g/mol. The molecule has 18 heavy (non-hydrogen) atoms. The summed E-state index contributed by atoms with van der Waals surface area (Å²) >= 11 is 0. The number of carbonyl (C=O) groups excluding carboxylic acids is 1. The minimum Gasteiger partial charge on any atom is -0.356 e. The van der Waals surface area contributed by atoms with Crippen LogP contribution in [0.2, 0.25) is 25.7 Å². The Morgan fingerprint density at radius 3 is 2.33 bits per heavy atom. The SMILES string of the molecule is C[Si](C)(C)CCOCOCCC(=O)CCCCN. The lowest BCUT2D eigenvalue weighted by molar-refractivity contribution is -0.121. The van der Waals surface area contributed by atoms with Crippen LogP contribution in [0, 0.1) is 0 Å². The number of nitrogens with two attached hydrogens (primary N) is 1. The van der Waals surface area contributed by atoms with Gasteiger partial charge in [-0.25, -0.2) is 0 Å². The van der Waals surface area contributed by atoms with E-state index >= 15 is 0 Å². The summed E-state index contributed by atoms with van der Waals surface area (Å²) in [6, 6.07) is 1.15. The highest BCUT2D eigenvalue weighted by atomic mass is 28.3. The zero-order chi connectivity index (χ0) is 13.9. The molecule has 0 aromatic heterocycles. The quantitative estimate of drug-likeness (QED) is 0.337. The Bertz CT molecular complexity index is 217. The highest BCUT2D eigenvalue weighted by Crippen LogP contribution is 2.07. The molecule has 5 heteroatoms. The molecule has 0 saturated carbocycles. The third-order valence-corrected chi connectivity index (χ3v) is 4.30. The molecule has 0 radical (unpaired) electrons. The van der Waals surface area contributed by atoms with E-state index in [4.69, 9.17) is 15.2 Å². The molecule has 4 nitrogen and oxygen atoms in total. The van der Waals surface area contributed by atoms with E-state index in [0.29, 0.717) is 32.8 Å². The van der Waals surface area contributed by atoms with E-state index in [9.17, 15) is 4.79 Å². The number of hydrogen-bond donors (Lipinski definition) is 1. The van der Waals surface area contributed by atoms with E-state index in [-0.39, 0.29) is 5.78 Å². The van der Waals surface area contributed by atoms with Gasteiger partial charge in [0.1, 0.15) is 12.6 Å². The Labute approximate surface area is 112 Å². The first-order chi connectivity index (χ1) is 8.45. The van der Waals surface area contributed by atoms with E-state index in [1.54, 1.807) is 0 Å². The van der Waals surface area contributed by atoms with Crippen molar-refractivity contribution in [3.8, 4) is 0 Å². The van der Waals surface area contributed by atoms with Crippen molar-refractivity contribution in [3.63, 3.8) is 0 Å². The second-order valence-electron chi connectivity index (χ2n) is 5.78. The molecule has 0 atom stereocenters. The molecular formula is C13H29NO3Si. The highest BCUT2D eigenvalue weighted by molar-refractivity contribution is 6.76. The van der Waals surface area contributed by atoms with Gasteiger partial charge in [0.2, 0.25) is 0 Å². The number of rotatable bonds is 12. The Balaban J connectivity index is 3.22. The molecular weight excluding hydrogens is 246 g/mol. The Morgan fingerprint density at radius 1 is 1.06 bits per heavy atom. The van der Waals surface area contributed by atoms with Crippen LogP contribution in [0.5, 0.6) is 0 Å². The van der Waals surface area contributed by atoms with Crippen LogP contribution < -0.4 is 5.73 Å². The standard InChI is InChI=1S/C13H29NO3Si/c1-18(2,3)11-10-17-12-16-9-7-13(15)6-4-5-8-14/h4-12,14H2,1-3H3. The summed E-state index contributed by atoms with van der Waals surface area (Å²) in [5.41, 5.74) is 5.36. The summed E-state index contributed by atoms with van der Waals surface area (Å²) in [5, 5.41) is 0. The fraction of sp³-hybridized carbons (Fsp3) is 0.923. The first-order valence-electron chi connectivity index (χ1n) is 6.83. The van der Waals surface area contributed by atoms with Gasteiger partial charge in [-0.3, -0.25) is 4.79 Å². The van der Waals surface area contributed by atoms with Crippen LogP contribution in [-0.2, 0) is 14.3 Å². The van der Waals surface area contributed by atoms with Gasteiger partial charge in [0, 0.05) is 27.5 Å². The highest BCUT2D eigenvalue weighted by Gasteiger charge is 2.11. The van der Waals surface area contributed by atoms with Crippen molar-refractivity contribution < 1.29 is 14.3 Å². The normalized spacial score (nSPS) is 11.8. The van der Waals surface area contributed by atoms with Crippen LogP contribution in [0.1, 0.15) is 25.7 Å². The van der Waals surface area contributed by atoms with E-state index in [2.05, 4.69) is 19.6 Å². The predicted molar refractivity (Wildman–Crippen MR) is 77.5 cm³/mol. The number of hydrogen-bond acceptors (Lipinski definition) is 4. The number of unbranched alkanes of at least 4 members (excludes halogenated alkanes) is 1. The average molecular weight is 275 g/mol. The van der Waals surface area contributed by atoms with Crippen LogP contribution in [0.15, 0.2) is 0 Å². The van der Waals surface area contributed by atoms with Gasteiger partial charge in [-0.1, -0.05) is 19.6 Å². The molecule has 108 valence electrons. The van der Waals surface area contributed by atoms with E-state index in [0.717, 1.165) is 25.5 Å². The van der Waals surface area contributed by atoms with E-state index in [1.165, 1.54) is 0 Å². The zero-order valence-corrected chi connectivity index (χ0v) is 13.2. The lowest BCUT2D eigenvalue weighted by Crippen LogP contribution is -2.22. The third-order valence-electron chi connectivity index (χ3n) is 2.60. The van der Waals surface area contributed by atoms with Gasteiger partial charge in [0.05, 0.1) is 6.61 Å². The molecule has 0 fully saturated rings. The van der Waals surface area contributed by atoms with Crippen molar-refractivity contribution in [2.24, 2.45) is 5.73 Å². The largest absolute Gasteiger partial charge is 0.356 e. The van der Waals surface area contributed by atoms with Gasteiger partial charge in [0.15, 0.2) is 0 Å². The molecule has 0 aromatic carbocycles. The molecule has 0 amide bonds. The minimum atomic E-state index is -1.01. The van der Waals surface area contributed by atoms with Crippen molar-refractivity contribution in [1.29, 1.82) is 0 Å². The Morgan fingerprint density at radius 2 is 1.72 bits per heavy atom. The summed E-state index contributed by atoms with van der Waals surface area (Å²) in [6.07, 6.45) is 2.92. The van der Waals surface area contributed by atoms with Gasteiger partial charge in [0.25, 0.3) is 0 Å². The van der Waals surface area contributed by atoms with Crippen molar-refractivity contribution >= 4 is 13.9 Å². The molecule has 0 aliphatic heterocycles. The van der Waals surface area contributed by atoms with Crippen LogP contribution in [0.25, 0.3) is 0 Å². The average Bonchev–Trinajstić information content (AvgIpc) is 2.26. The smallest absolute Gasteiger partial charge is 0.146 e. The van der Waals surface area contributed by atoms with Gasteiger partial charge >= 0.3 is 0 Å².